The summed E-state index contributed by atoms with van der Waals surface area (Å²) in [6, 6.07) is -0.765. The Hall–Kier alpha value is -2.14. The molecule has 11 heteroatoms. The molecular formula is C15H24N6O4S. The summed E-state index contributed by atoms with van der Waals surface area (Å²) < 4.78 is 29.1. The Kier molecular flexibility index (Phi) is 4.93. The third-order valence-corrected chi connectivity index (χ3v) is 7.01. The van der Waals surface area contributed by atoms with Crippen molar-refractivity contribution in [2.75, 3.05) is 39.3 Å². The summed E-state index contributed by atoms with van der Waals surface area (Å²) in [4.78, 5) is 27.1. The smallest absolute Gasteiger partial charge is 0.328 e. The fraction of sp³-hybridized carbons (Fsp3) is 0.667. The highest BCUT2D eigenvalue weighted by atomic mass is 32.2. The van der Waals surface area contributed by atoms with E-state index < -0.39 is 16.1 Å². The zero-order valence-electron chi connectivity index (χ0n) is 15.2. The maximum atomic E-state index is 13.1. The molecule has 0 radical (unpaired) electrons. The van der Waals surface area contributed by atoms with Crippen LogP contribution in [0.3, 0.4) is 0 Å². The molecule has 4 amide bonds. The first-order chi connectivity index (χ1) is 12.2. The van der Waals surface area contributed by atoms with E-state index in [2.05, 4.69) is 10.4 Å². The number of sulfonamides is 1. The van der Waals surface area contributed by atoms with Crippen LogP contribution in [0.1, 0.15) is 17.8 Å². The summed E-state index contributed by atoms with van der Waals surface area (Å²) in [6.45, 7) is 5.37. The minimum absolute atomic E-state index is 0.192. The van der Waals surface area contributed by atoms with E-state index in [1.54, 1.807) is 30.5 Å². The Morgan fingerprint density at radius 1 is 1.12 bits per heavy atom. The van der Waals surface area contributed by atoms with E-state index in [1.807, 2.05) is 0 Å². The second-order valence-electron chi connectivity index (χ2n) is 6.53. The molecular weight excluding hydrogens is 360 g/mol. The van der Waals surface area contributed by atoms with Gasteiger partial charge >= 0.3 is 12.1 Å². The van der Waals surface area contributed by atoms with Gasteiger partial charge in [-0.1, -0.05) is 0 Å². The lowest BCUT2D eigenvalue weighted by molar-refractivity contribution is 0.165. The van der Waals surface area contributed by atoms with Crippen LogP contribution in [-0.4, -0.2) is 83.6 Å². The second-order valence-corrected chi connectivity index (χ2v) is 8.41. The minimum Gasteiger partial charge on any atom is -0.336 e. The van der Waals surface area contributed by atoms with Crippen molar-refractivity contribution < 1.29 is 18.0 Å². The number of nitrogens with zero attached hydrogens (tertiary/aromatic N) is 5. The average Bonchev–Trinajstić information content (AvgIpc) is 2.99. The zero-order valence-corrected chi connectivity index (χ0v) is 16.0. The topological polar surface area (TPSA) is 108 Å². The summed E-state index contributed by atoms with van der Waals surface area (Å²) >= 11 is 0. The molecule has 10 nitrogen and oxygen atoms in total. The number of rotatable bonds is 2. The minimum atomic E-state index is -3.69. The van der Waals surface area contributed by atoms with Crippen LogP contribution in [0.4, 0.5) is 9.59 Å². The van der Waals surface area contributed by atoms with Gasteiger partial charge in [-0.2, -0.15) is 9.40 Å². The summed E-state index contributed by atoms with van der Waals surface area (Å²) in [5.74, 6) is 0. The van der Waals surface area contributed by atoms with Crippen LogP contribution in [0.5, 0.6) is 0 Å². The molecule has 0 bridgehead atoms. The Bertz CT molecular complexity index is 833. The summed E-state index contributed by atoms with van der Waals surface area (Å²) in [5, 5.41) is 6.79. The van der Waals surface area contributed by atoms with Crippen LogP contribution in [0.15, 0.2) is 4.90 Å². The average molecular weight is 384 g/mol. The van der Waals surface area contributed by atoms with E-state index >= 15 is 0 Å². The Balaban J connectivity index is 1.76. The quantitative estimate of drug-likeness (QED) is 0.765. The number of aromatic nitrogens is 2. The standard InChI is InChI=1S/C15H24N6O4S/c1-11-13(12(2)18(3)17-11)26(24,25)20-7-4-6-19(9-10-20)15(23)21-8-5-16-14(21)22/h4-10H2,1-3H3,(H,16,22). The first kappa shape index (κ1) is 18.6. The molecule has 0 saturated carbocycles. The predicted molar refractivity (Wildman–Crippen MR) is 93.1 cm³/mol. The lowest BCUT2D eigenvalue weighted by Gasteiger charge is -2.25. The number of hydrogen-bond donors (Lipinski definition) is 1. The first-order valence-electron chi connectivity index (χ1n) is 8.58. The highest BCUT2D eigenvalue weighted by Gasteiger charge is 2.35. The molecule has 1 aromatic rings. The number of hydrogen-bond acceptors (Lipinski definition) is 5. The molecule has 0 aromatic carbocycles. The number of carbonyl (C=O) groups excluding carboxylic acids is 2. The Morgan fingerprint density at radius 2 is 1.85 bits per heavy atom. The van der Waals surface area contributed by atoms with Gasteiger partial charge in [0.25, 0.3) is 0 Å². The van der Waals surface area contributed by atoms with E-state index in [0.717, 1.165) is 0 Å². The maximum Gasteiger partial charge on any atom is 0.328 e. The van der Waals surface area contributed by atoms with Crippen LogP contribution >= 0.6 is 0 Å². The predicted octanol–water partition coefficient (Wildman–Crippen LogP) is -0.121. The van der Waals surface area contributed by atoms with E-state index in [9.17, 15) is 18.0 Å². The first-order valence-corrected chi connectivity index (χ1v) is 10.0. The Labute approximate surface area is 152 Å². The summed E-state index contributed by atoms with van der Waals surface area (Å²) in [6.07, 6.45) is 0.513. The molecule has 0 unspecified atom stereocenters. The number of carbonyl (C=O) groups is 2. The molecule has 3 heterocycles. The molecule has 1 N–H and O–H groups in total. The highest BCUT2D eigenvalue weighted by molar-refractivity contribution is 7.89. The van der Waals surface area contributed by atoms with Gasteiger partial charge in [0.15, 0.2) is 0 Å². The molecule has 144 valence electrons. The van der Waals surface area contributed by atoms with Crippen LogP contribution in [0.25, 0.3) is 0 Å². The maximum absolute atomic E-state index is 13.1. The van der Waals surface area contributed by atoms with Crippen molar-refractivity contribution in [2.45, 2.75) is 25.2 Å². The number of aryl methyl sites for hydroxylation is 2. The number of imide groups is 1. The number of nitrogens with one attached hydrogen (secondary N) is 1. The van der Waals surface area contributed by atoms with E-state index in [0.29, 0.717) is 44.0 Å². The van der Waals surface area contributed by atoms with Crippen molar-refractivity contribution in [1.82, 2.24) is 29.2 Å². The van der Waals surface area contributed by atoms with Gasteiger partial charge in [0.05, 0.1) is 11.4 Å². The molecule has 0 aliphatic carbocycles. The molecule has 2 saturated heterocycles. The third-order valence-electron chi connectivity index (χ3n) is 4.85. The highest BCUT2D eigenvalue weighted by Crippen LogP contribution is 2.24. The summed E-state index contributed by atoms with van der Waals surface area (Å²) in [7, 11) is -1.97. The van der Waals surface area contributed by atoms with Gasteiger partial charge in [-0.05, 0) is 20.3 Å². The second kappa shape index (κ2) is 6.88. The van der Waals surface area contributed by atoms with Crippen LogP contribution in [-0.2, 0) is 17.1 Å². The Morgan fingerprint density at radius 3 is 2.42 bits per heavy atom. The van der Waals surface area contributed by atoms with Crippen molar-refractivity contribution in [1.29, 1.82) is 0 Å². The third kappa shape index (κ3) is 3.16. The van der Waals surface area contributed by atoms with Gasteiger partial charge in [-0.15, -0.1) is 0 Å². The molecule has 3 rings (SSSR count). The van der Waals surface area contributed by atoms with Gasteiger partial charge < -0.3 is 10.2 Å². The molecule has 2 aliphatic heterocycles. The van der Waals surface area contributed by atoms with E-state index in [4.69, 9.17) is 0 Å². The van der Waals surface area contributed by atoms with Gasteiger partial charge in [0, 0.05) is 46.3 Å². The van der Waals surface area contributed by atoms with Gasteiger partial charge in [0.1, 0.15) is 4.90 Å². The SMILES string of the molecule is Cc1nn(C)c(C)c1S(=O)(=O)N1CCCN(C(=O)N2CCNC2=O)CC1. The zero-order chi connectivity index (χ0) is 19.1. The van der Waals surface area contributed by atoms with Crippen molar-refractivity contribution in [3.8, 4) is 0 Å². The van der Waals surface area contributed by atoms with Gasteiger partial charge in [0.2, 0.25) is 10.0 Å². The lowest BCUT2D eigenvalue weighted by atomic mass is 10.4. The van der Waals surface area contributed by atoms with Crippen molar-refractivity contribution >= 4 is 22.1 Å². The molecule has 0 atom stereocenters. The van der Waals surface area contributed by atoms with Crippen molar-refractivity contribution in [3.05, 3.63) is 11.4 Å². The monoisotopic (exact) mass is 384 g/mol. The van der Waals surface area contributed by atoms with Crippen LogP contribution in [0, 0.1) is 13.8 Å². The van der Waals surface area contributed by atoms with Crippen LogP contribution in [0.2, 0.25) is 0 Å². The molecule has 2 aliphatic rings. The van der Waals surface area contributed by atoms with Crippen molar-refractivity contribution in [3.63, 3.8) is 0 Å². The van der Waals surface area contributed by atoms with E-state index in [1.165, 1.54) is 9.21 Å². The fourth-order valence-corrected chi connectivity index (χ4v) is 5.28. The largest absolute Gasteiger partial charge is 0.336 e. The molecule has 2 fully saturated rings. The number of urea groups is 2. The van der Waals surface area contributed by atoms with Crippen molar-refractivity contribution in [2.24, 2.45) is 7.05 Å². The van der Waals surface area contributed by atoms with Crippen LogP contribution < -0.4 is 5.32 Å². The summed E-state index contributed by atoms with van der Waals surface area (Å²) in [5.41, 5.74) is 1.06. The molecule has 1 aromatic heterocycles. The molecule has 0 spiro atoms. The normalized spacial score (nSPS) is 19.6. The van der Waals surface area contributed by atoms with E-state index in [-0.39, 0.29) is 24.0 Å². The number of amides is 4. The fourth-order valence-electron chi connectivity index (χ4n) is 3.41. The molecule has 26 heavy (non-hydrogen) atoms. The van der Waals surface area contributed by atoms with Gasteiger partial charge in [-0.3, -0.25) is 4.68 Å². The lowest BCUT2D eigenvalue weighted by Crippen LogP contribution is -2.46. The van der Waals surface area contributed by atoms with Gasteiger partial charge in [-0.25, -0.2) is 22.9 Å².